The van der Waals surface area contributed by atoms with Gasteiger partial charge in [0, 0.05) is 5.69 Å². The SMILES string of the molecule is Cc1ccccc1Nc1c(F)cc(C#N)cc1F. The van der Waals surface area contributed by atoms with E-state index in [4.69, 9.17) is 5.26 Å². The minimum absolute atomic E-state index is 0.0414. The Morgan fingerprint density at radius 1 is 1.11 bits per heavy atom. The maximum absolute atomic E-state index is 13.7. The van der Waals surface area contributed by atoms with E-state index in [1.807, 2.05) is 19.1 Å². The van der Waals surface area contributed by atoms with Gasteiger partial charge in [-0.05, 0) is 30.7 Å². The molecule has 1 N–H and O–H groups in total. The van der Waals surface area contributed by atoms with Crippen molar-refractivity contribution in [3.05, 3.63) is 59.2 Å². The van der Waals surface area contributed by atoms with Gasteiger partial charge < -0.3 is 5.32 Å². The van der Waals surface area contributed by atoms with E-state index in [-0.39, 0.29) is 11.3 Å². The maximum atomic E-state index is 13.7. The van der Waals surface area contributed by atoms with Crippen LogP contribution in [0, 0.1) is 29.9 Å². The van der Waals surface area contributed by atoms with Crippen LogP contribution in [0.5, 0.6) is 0 Å². The Kier molecular flexibility index (Phi) is 3.24. The molecule has 0 radical (unpaired) electrons. The highest BCUT2D eigenvalue weighted by molar-refractivity contribution is 5.64. The standard InChI is InChI=1S/C14H10F2N2/c1-9-4-2-3-5-13(9)18-14-11(15)6-10(8-17)7-12(14)16/h2-7,18H,1H3. The molecule has 0 aliphatic heterocycles. The number of hydrogen-bond donors (Lipinski definition) is 1. The molecule has 0 atom stereocenters. The minimum atomic E-state index is -0.783. The zero-order chi connectivity index (χ0) is 13.1. The van der Waals surface area contributed by atoms with Gasteiger partial charge in [-0.1, -0.05) is 18.2 Å². The lowest BCUT2D eigenvalue weighted by Crippen LogP contribution is -1.99. The summed E-state index contributed by atoms with van der Waals surface area (Å²) < 4.78 is 27.3. The summed E-state index contributed by atoms with van der Waals surface area (Å²) in [7, 11) is 0. The van der Waals surface area contributed by atoms with Crippen LogP contribution in [0.25, 0.3) is 0 Å². The van der Waals surface area contributed by atoms with Gasteiger partial charge in [0.15, 0.2) is 11.6 Å². The molecule has 2 aromatic rings. The highest BCUT2D eigenvalue weighted by Gasteiger charge is 2.12. The van der Waals surface area contributed by atoms with Crippen LogP contribution in [0.2, 0.25) is 0 Å². The van der Waals surface area contributed by atoms with Crippen molar-refractivity contribution in [1.29, 1.82) is 5.26 Å². The number of aryl methyl sites for hydroxylation is 1. The first-order valence-corrected chi connectivity index (χ1v) is 5.33. The van der Waals surface area contributed by atoms with Crippen LogP contribution in [-0.2, 0) is 0 Å². The maximum Gasteiger partial charge on any atom is 0.150 e. The summed E-state index contributed by atoms with van der Waals surface area (Å²) in [6.07, 6.45) is 0. The summed E-state index contributed by atoms with van der Waals surface area (Å²) in [6.45, 7) is 1.84. The number of hydrogen-bond acceptors (Lipinski definition) is 2. The smallest absolute Gasteiger partial charge is 0.150 e. The predicted molar refractivity (Wildman–Crippen MR) is 65.5 cm³/mol. The summed E-state index contributed by atoms with van der Waals surface area (Å²) in [6, 6.07) is 10.9. The van der Waals surface area contributed by atoms with Crippen molar-refractivity contribution in [1.82, 2.24) is 0 Å². The molecule has 0 aliphatic rings. The lowest BCUT2D eigenvalue weighted by atomic mass is 10.1. The second-order valence-corrected chi connectivity index (χ2v) is 3.87. The van der Waals surface area contributed by atoms with E-state index in [1.54, 1.807) is 18.2 Å². The summed E-state index contributed by atoms with van der Waals surface area (Å²) in [5.41, 5.74) is 1.21. The average molecular weight is 244 g/mol. The van der Waals surface area contributed by atoms with Gasteiger partial charge in [-0.2, -0.15) is 5.26 Å². The molecule has 0 fully saturated rings. The van der Waals surface area contributed by atoms with E-state index in [2.05, 4.69) is 5.32 Å². The van der Waals surface area contributed by atoms with E-state index in [9.17, 15) is 8.78 Å². The average Bonchev–Trinajstić information content (AvgIpc) is 2.35. The van der Waals surface area contributed by atoms with Crippen LogP contribution < -0.4 is 5.32 Å². The lowest BCUT2D eigenvalue weighted by molar-refractivity contribution is 0.590. The number of rotatable bonds is 2. The van der Waals surface area contributed by atoms with Crippen LogP contribution in [0.3, 0.4) is 0 Å². The summed E-state index contributed by atoms with van der Waals surface area (Å²) in [5, 5.41) is 11.3. The van der Waals surface area contributed by atoms with Crippen LogP contribution in [0.1, 0.15) is 11.1 Å². The molecule has 0 bridgehead atoms. The first kappa shape index (κ1) is 12.1. The highest BCUT2D eigenvalue weighted by atomic mass is 19.1. The zero-order valence-corrected chi connectivity index (χ0v) is 9.67. The summed E-state index contributed by atoms with van der Waals surface area (Å²) in [4.78, 5) is 0. The molecule has 0 aromatic heterocycles. The first-order valence-electron chi connectivity index (χ1n) is 5.33. The number of nitrogens with one attached hydrogen (secondary N) is 1. The van der Waals surface area contributed by atoms with Crippen molar-refractivity contribution in [3.8, 4) is 6.07 Å². The van der Waals surface area contributed by atoms with E-state index in [1.165, 1.54) is 0 Å². The molecule has 0 saturated carbocycles. The monoisotopic (exact) mass is 244 g/mol. The van der Waals surface area contributed by atoms with Gasteiger partial charge in [0.25, 0.3) is 0 Å². The molecule has 0 amide bonds. The van der Waals surface area contributed by atoms with Gasteiger partial charge in [-0.3, -0.25) is 0 Å². The number of anilines is 2. The van der Waals surface area contributed by atoms with Crippen molar-refractivity contribution in [2.45, 2.75) is 6.92 Å². The predicted octanol–water partition coefficient (Wildman–Crippen LogP) is 3.89. The molecular weight excluding hydrogens is 234 g/mol. The third kappa shape index (κ3) is 2.30. The fourth-order valence-corrected chi connectivity index (χ4v) is 1.60. The van der Waals surface area contributed by atoms with Crippen molar-refractivity contribution >= 4 is 11.4 Å². The number of nitrogens with zero attached hydrogens (tertiary/aromatic N) is 1. The van der Waals surface area contributed by atoms with Gasteiger partial charge in [0.05, 0.1) is 11.6 Å². The number of halogens is 2. The van der Waals surface area contributed by atoms with Gasteiger partial charge in [0.2, 0.25) is 0 Å². The molecule has 2 aromatic carbocycles. The fraction of sp³-hybridized carbons (Fsp3) is 0.0714. The minimum Gasteiger partial charge on any atom is -0.351 e. The Balaban J connectivity index is 2.42. The molecule has 90 valence electrons. The molecule has 2 nitrogen and oxygen atoms in total. The second kappa shape index (κ2) is 4.84. The Hall–Kier alpha value is -2.41. The van der Waals surface area contributed by atoms with Gasteiger partial charge >= 0.3 is 0 Å². The number of para-hydroxylation sites is 1. The fourth-order valence-electron chi connectivity index (χ4n) is 1.60. The third-order valence-corrected chi connectivity index (χ3v) is 2.58. The normalized spacial score (nSPS) is 9.89. The Bertz CT molecular complexity index is 607. The van der Waals surface area contributed by atoms with Crippen molar-refractivity contribution < 1.29 is 8.78 Å². The van der Waals surface area contributed by atoms with Crippen LogP contribution in [0.4, 0.5) is 20.2 Å². The second-order valence-electron chi connectivity index (χ2n) is 3.87. The van der Waals surface area contributed by atoms with E-state index < -0.39 is 11.6 Å². The molecule has 18 heavy (non-hydrogen) atoms. The van der Waals surface area contributed by atoms with E-state index in [0.29, 0.717) is 5.69 Å². The van der Waals surface area contributed by atoms with E-state index >= 15 is 0 Å². The highest BCUT2D eigenvalue weighted by Crippen LogP contribution is 2.26. The molecule has 0 heterocycles. The molecule has 0 saturated heterocycles. The Morgan fingerprint density at radius 2 is 1.72 bits per heavy atom. The van der Waals surface area contributed by atoms with Crippen molar-refractivity contribution in [2.24, 2.45) is 0 Å². The largest absolute Gasteiger partial charge is 0.351 e. The van der Waals surface area contributed by atoms with E-state index in [0.717, 1.165) is 17.7 Å². The molecular formula is C14H10F2N2. The van der Waals surface area contributed by atoms with Crippen LogP contribution in [0.15, 0.2) is 36.4 Å². The Morgan fingerprint density at radius 3 is 2.28 bits per heavy atom. The Labute approximate surface area is 103 Å². The van der Waals surface area contributed by atoms with Gasteiger partial charge in [-0.15, -0.1) is 0 Å². The topological polar surface area (TPSA) is 35.8 Å². The number of nitriles is 1. The quantitative estimate of drug-likeness (QED) is 0.869. The molecule has 0 aliphatic carbocycles. The van der Waals surface area contributed by atoms with Gasteiger partial charge in [0.1, 0.15) is 5.69 Å². The zero-order valence-electron chi connectivity index (χ0n) is 9.67. The summed E-state index contributed by atoms with van der Waals surface area (Å²) in [5.74, 6) is -1.57. The van der Waals surface area contributed by atoms with Crippen LogP contribution >= 0.6 is 0 Å². The number of benzene rings is 2. The molecule has 0 spiro atoms. The van der Waals surface area contributed by atoms with Crippen molar-refractivity contribution in [2.75, 3.05) is 5.32 Å². The van der Waals surface area contributed by atoms with Gasteiger partial charge in [-0.25, -0.2) is 8.78 Å². The van der Waals surface area contributed by atoms with Crippen molar-refractivity contribution in [3.63, 3.8) is 0 Å². The molecule has 4 heteroatoms. The molecule has 0 unspecified atom stereocenters. The first-order chi connectivity index (χ1) is 8.61. The third-order valence-electron chi connectivity index (χ3n) is 2.58. The van der Waals surface area contributed by atoms with Crippen LogP contribution in [-0.4, -0.2) is 0 Å². The lowest BCUT2D eigenvalue weighted by Gasteiger charge is -2.11. The summed E-state index contributed by atoms with van der Waals surface area (Å²) >= 11 is 0. The molecule has 2 rings (SSSR count).